The van der Waals surface area contributed by atoms with Gasteiger partial charge in [0.05, 0.1) is 23.3 Å². The maximum Gasteiger partial charge on any atom is 0.248 e. The fraction of sp³-hybridized carbons (Fsp3) is 0.214. The van der Waals surface area contributed by atoms with Gasteiger partial charge in [0.1, 0.15) is 0 Å². The molecule has 90 heavy (non-hydrogen) atoms. The third-order valence-corrected chi connectivity index (χ3v) is 20.8. The van der Waals surface area contributed by atoms with E-state index in [0.717, 1.165) is 45.3 Å². The molecule has 0 aromatic heterocycles. The van der Waals surface area contributed by atoms with Gasteiger partial charge in [0.25, 0.3) is 0 Å². The first-order valence-electron chi connectivity index (χ1n) is 32.8. The summed E-state index contributed by atoms with van der Waals surface area (Å²) in [6.07, 6.45) is 0. The molecular formula is C84H72B2N4. The van der Waals surface area contributed by atoms with E-state index in [1.807, 2.05) is 0 Å². The highest BCUT2D eigenvalue weighted by Crippen LogP contribution is 2.55. The fourth-order valence-electron chi connectivity index (χ4n) is 16.7. The van der Waals surface area contributed by atoms with Crippen molar-refractivity contribution in [3.63, 3.8) is 0 Å². The maximum atomic E-state index is 11.4. The normalized spacial score (nSPS) is 13.4. The molecule has 0 saturated heterocycles. The minimum Gasteiger partial charge on any atom is -0.311 e. The summed E-state index contributed by atoms with van der Waals surface area (Å²) in [5.74, 6) is 1.53. The van der Waals surface area contributed by atoms with E-state index < -0.39 is 0 Å². The molecule has 0 fully saturated rings. The molecule has 0 bridgehead atoms. The second kappa shape index (κ2) is 20.5. The van der Waals surface area contributed by atoms with Gasteiger partial charge in [-0.15, -0.1) is 0 Å². The molecule has 4 nitrogen and oxygen atoms in total. The van der Waals surface area contributed by atoms with Crippen LogP contribution < -0.4 is 42.6 Å². The molecule has 0 saturated carbocycles. The van der Waals surface area contributed by atoms with Crippen LogP contribution in [-0.2, 0) is 0 Å². The molecule has 434 valence electrons. The Balaban J connectivity index is 1.19. The van der Waals surface area contributed by atoms with Crippen molar-refractivity contribution in [2.24, 2.45) is 0 Å². The molecule has 6 heteroatoms. The lowest BCUT2D eigenvalue weighted by Crippen LogP contribution is -2.60. The molecule has 4 heterocycles. The van der Waals surface area contributed by atoms with Gasteiger partial charge in [0.2, 0.25) is 13.4 Å². The number of anilines is 6. The Kier molecular flexibility index (Phi) is 12.7. The Hall–Kier alpha value is -9.61. The fourth-order valence-corrected chi connectivity index (χ4v) is 16.7. The van der Waals surface area contributed by atoms with E-state index in [2.05, 4.69) is 287 Å². The van der Waals surface area contributed by atoms with E-state index in [-0.39, 0.29) is 37.1 Å². The SMILES string of the molecule is CC(C)c1cc(C(C)C)c(-c2cc3c4c(cc5c(-c6c(C(C)C)cc(C(C)C)cc6C(C)C)cc6c7c(cc2c4c57)B2c4ccccc4N(c4ccccc4)c4cc(C#N)cc-6c42)B2c4ccccc4N(c4ccccc4)c4cc(C#N)cc-3c42)c(C(C)C)c1. The Labute approximate surface area is 531 Å². The minimum atomic E-state index is -0.167. The number of para-hydroxylation sites is 4. The van der Waals surface area contributed by atoms with Crippen molar-refractivity contribution in [3.8, 4) is 56.6 Å². The number of nitriles is 2. The molecule has 0 radical (unpaired) electrons. The quantitative estimate of drug-likeness (QED) is 0.101. The minimum absolute atomic E-state index is 0.167. The predicted octanol–water partition coefficient (Wildman–Crippen LogP) is 19.0. The molecule has 12 aromatic carbocycles. The van der Waals surface area contributed by atoms with E-state index in [9.17, 15) is 10.5 Å². The van der Waals surface area contributed by atoms with Gasteiger partial charge in [-0.2, -0.15) is 10.5 Å². The summed E-state index contributed by atoms with van der Waals surface area (Å²) in [6.45, 7) is 28.1. The van der Waals surface area contributed by atoms with Gasteiger partial charge in [-0.25, -0.2) is 0 Å². The Morgan fingerprint density at radius 3 is 0.989 bits per heavy atom. The molecule has 0 amide bonds. The number of hydrogen-bond acceptors (Lipinski definition) is 4. The third kappa shape index (κ3) is 7.86. The highest BCUT2D eigenvalue weighted by molar-refractivity contribution is 7.02. The average molecular weight is 1160 g/mol. The number of nitrogens with zero attached hydrogens (tertiary/aromatic N) is 4. The van der Waals surface area contributed by atoms with Crippen LogP contribution in [-0.4, -0.2) is 13.4 Å². The van der Waals surface area contributed by atoms with E-state index in [1.165, 1.54) is 132 Å². The zero-order valence-electron chi connectivity index (χ0n) is 53.7. The molecular weight excluding hydrogens is 1090 g/mol. The van der Waals surface area contributed by atoms with Crippen molar-refractivity contribution in [2.45, 2.75) is 119 Å². The zero-order valence-corrected chi connectivity index (χ0v) is 53.7. The van der Waals surface area contributed by atoms with Crippen molar-refractivity contribution < 1.29 is 0 Å². The lowest BCUT2D eigenvalue weighted by molar-refractivity contribution is 0.807. The molecule has 4 aliphatic rings. The van der Waals surface area contributed by atoms with Crippen LogP contribution in [0.2, 0.25) is 0 Å². The van der Waals surface area contributed by atoms with Crippen LogP contribution in [0.4, 0.5) is 34.1 Å². The van der Waals surface area contributed by atoms with Gasteiger partial charge >= 0.3 is 0 Å². The molecule has 0 aliphatic carbocycles. The van der Waals surface area contributed by atoms with Crippen molar-refractivity contribution in [3.05, 3.63) is 226 Å². The van der Waals surface area contributed by atoms with Gasteiger partial charge in [-0.3, -0.25) is 0 Å². The predicted molar refractivity (Wildman–Crippen MR) is 385 cm³/mol. The standard InChI is InChI=1S/C84H72B2N4/c1-45(2)53-35-57(47(5)6)77(58(36-53)48(7)8)61-39-63-67-31-51(43-87)33-75-83(67)86(70-28-20-22-30-74(70)89(75)55-23-15-13-16-24-55)72-42-66-62(78-59(49(9)10)37-54(46(3)4)38-60(78)50(11)12)40-64-68-32-52(44-88)34-76-84(68)85(71-41-65(61)81(79(63)72)82(66)80(64)71)69-27-19-21-29-73(69)90(76)56-25-17-14-18-26-56/h13-42,45-50H,1-12H3. The zero-order chi connectivity index (χ0) is 62.0. The summed E-state index contributed by atoms with van der Waals surface area (Å²) in [6, 6.07) is 74.4. The molecule has 0 unspecified atom stereocenters. The van der Waals surface area contributed by atoms with E-state index in [4.69, 9.17) is 0 Å². The van der Waals surface area contributed by atoms with Crippen LogP contribution in [0.25, 0.3) is 76.8 Å². The number of benzene rings is 12. The Bertz CT molecular complexity index is 4750. The maximum absolute atomic E-state index is 11.4. The second-order valence-corrected chi connectivity index (χ2v) is 28.0. The largest absolute Gasteiger partial charge is 0.311 e. The van der Waals surface area contributed by atoms with Crippen molar-refractivity contribution in [2.75, 3.05) is 9.80 Å². The van der Waals surface area contributed by atoms with Gasteiger partial charge in [-0.05, 0) is 240 Å². The van der Waals surface area contributed by atoms with Gasteiger partial charge < -0.3 is 9.80 Å². The number of rotatable bonds is 10. The number of hydrogen-bond donors (Lipinski definition) is 0. The van der Waals surface area contributed by atoms with Crippen LogP contribution in [0.5, 0.6) is 0 Å². The second-order valence-electron chi connectivity index (χ2n) is 28.0. The van der Waals surface area contributed by atoms with Crippen LogP contribution in [0.3, 0.4) is 0 Å². The summed E-state index contributed by atoms with van der Waals surface area (Å²) in [5, 5.41) is 30.3. The first-order chi connectivity index (χ1) is 43.6. The summed E-state index contributed by atoms with van der Waals surface area (Å²) in [4.78, 5) is 4.84. The first kappa shape index (κ1) is 55.7. The van der Waals surface area contributed by atoms with Crippen LogP contribution >= 0.6 is 0 Å². The van der Waals surface area contributed by atoms with Crippen LogP contribution in [0, 0.1) is 22.7 Å². The van der Waals surface area contributed by atoms with Gasteiger partial charge in [-0.1, -0.05) is 203 Å². The van der Waals surface area contributed by atoms with E-state index in [0.29, 0.717) is 23.0 Å². The third-order valence-electron chi connectivity index (χ3n) is 20.8. The molecule has 12 aromatic rings. The average Bonchev–Trinajstić information content (AvgIpc) is 0.668. The van der Waals surface area contributed by atoms with Gasteiger partial charge in [0, 0.05) is 34.1 Å². The molecule has 0 atom stereocenters. The summed E-state index contributed by atoms with van der Waals surface area (Å²) < 4.78 is 0. The molecule has 16 rings (SSSR count). The molecule has 4 aliphatic heterocycles. The smallest absolute Gasteiger partial charge is 0.248 e. The van der Waals surface area contributed by atoms with Crippen molar-refractivity contribution in [1.29, 1.82) is 10.5 Å². The highest BCUT2D eigenvalue weighted by atomic mass is 15.2. The monoisotopic (exact) mass is 1160 g/mol. The van der Waals surface area contributed by atoms with Gasteiger partial charge in [0.15, 0.2) is 0 Å². The molecule has 0 N–H and O–H groups in total. The Morgan fingerprint density at radius 2 is 0.656 bits per heavy atom. The van der Waals surface area contributed by atoms with Crippen molar-refractivity contribution in [1.82, 2.24) is 0 Å². The summed E-state index contributed by atoms with van der Waals surface area (Å²) >= 11 is 0. The van der Waals surface area contributed by atoms with Crippen LogP contribution in [0.15, 0.2) is 182 Å². The lowest BCUT2D eigenvalue weighted by Gasteiger charge is -2.42. The molecule has 0 spiro atoms. The summed E-state index contributed by atoms with van der Waals surface area (Å²) in [7, 11) is 0. The Morgan fingerprint density at radius 1 is 0.311 bits per heavy atom. The lowest BCUT2D eigenvalue weighted by atomic mass is 9.31. The van der Waals surface area contributed by atoms with E-state index >= 15 is 0 Å². The summed E-state index contributed by atoms with van der Waals surface area (Å²) in [5.41, 5.74) is 33.2. The van der Waals surface area contributed by atoms with Crippen LogP contribution in [0.1, 0.15) is 163 Å². The topological polar surface area (TPSA) is 54.1 Å². The van der Waals surface area contributed by atoms with E-state index in [1.54, 1.807) is 0 Å². The first-order valence-corrected chi connectivity index (χ1v) is 32.8. The number of fused-ring (bicyclic) bond motifs is 8. The highest BCUT2D eigenvalue weighted by Gasteiger charge is 2.46. The van der Waals surface area contributed by atoms with Crippen molar-refractivity contribution >= 4 is 113 Å².